The van der Waals surface area contributed by atoms with Crippen LogP contribution in [0.5, 0.6) is 5.75 Å². The highest BCUT2D eigenvalue weighted by molar-refractivity contribution is 8.01. The molecular weight excluding hydrogens is 412 g/mol. The molecule has 0 radical (unpaired) electrons. The molecule has 160 valence electrons. The molecule has 7 nitrogen and oxygen atoms in total. The molecule has 2 aliphatic heterocycles. The summed E-state index contributed by atoms with van der Waals surface area (Å²) >= 11 is 1.47. The van der Waals surface area contributed by atoms with E-state index in [9.17, 15) is 14.9 Å². The maximum absolute atomic E-state index is 13.9. The van der Waals surface area contributed by atoms with Crippen LogP contribution in [0.2, 0.25) is 0 Å². The molecule has 3 amide bonds. The number of anilines is 1. The van der Waals surface area contributed by atoms with Crippen LogP contribution < -0.4 is 15.0 Å². The molecule has 4 rings (SSSR count). The fourth-order valence-corrected chi connectivity index (χ4v) is 5.58. The second-order valence-corrected chi connectivity index (χ2v) is 9.12. The number of methoxy groups -OCH3 is 1. The van der Waals surface area contributed by atoms with Crippen molar-refractivity contribution in [1.82, 2.24) is 10.2 Å². The lowest BCUT2D eigenvalue weighted by Crippen LogP contribution is -2.54. The number of carbonyl (C=O) groups is 2. The van der Waals surface area contributed by atoms with Gasteiger partial charge in [0.15, 0.2) is 4.87 Å². The zero-order valence-corrected chi connectivity index (χ0v) is 18.5. The SMILES string of the molecule is COc1ccc2c(c1)C1(SCCN1C(=O)NC(C)C)C(=O)N2Cc1cccc(C#N)c1. The number of fused-ring (bicyclic) bond motifs is 2. The van der Waals surface area contributed by atoms with Crippen LogP contribution in [0.3, 0.4) is 0 Å². The summed E-state index contributed by atoms with van der Waals surface area (Å²) in [4.78, 5) is 29.2. The van der Waals surface area contributed by atoms with Gasteiger partial charge in [-0.1, -0.05) is 12.1 Å². The lowest BCUT2D eigenvalue weighted by Gasteiger charge is -2.33. The fourth-order valence-electron chi connectivity index (χ4n) is 4.12. The van der Waals surface area contributed by atoms with E-state index in [4.69, 9.17) is 4.74 Å². The molecular formula is C23H24N4O3S. The van der Waals surface area contributed by atoms with Gasteiger partial charge < -0.3 is 15.0 Å². The van der Waals surface area contributed by atoms with Crippen molar-refractivity contribution in [3.8, 4) is 11.8 Å². The molecule has 1 spiro atoms. The van der Waals surface area contributed by atoms with E-state index in [2.05, 4.69) is 11.4 Å². The molecule has 2 aromatic rings. The summed E-state index contributed by atoms with van der Waals surface area (Å²) in [5.74, 6) is 1.14. The van der Waals surface area contributed by atoms with E-state index in [0.717, 1.165) is 16.8 Å². The highest BCUT2D eigenvalue weighted by Gasteiger charge is 2.59. The summed E-state index contributed by atoms with van der Waals surface area (Å²) in [6.45, 7) is 4.59. The molecule has 1 atom stereocenters. The zero-order chi connectivity index (χ0) is 22.2. The number of benzene rings is 2. The fraction of sp³-hybridized carbons (Fsp3) is 0.348. The summed E-state index contributed by atoms with van der Waals surface area (Å²) in [5, 5.41) is 12.2. The van der Waals surface area contributed by atoms with Gasteiger partial charge in [-0.3, -0.25) is 9.69 Å². The first kappa shape index (κ1) is 21.1. The predicted molar refractivity (Wildman–Crippen MR) is 120 cm³/mol. The number of urea groups is 1. The van der Waals surface area contributed by atoms with Crippen molar-refractivity contribution in [1.29, 1.82) is 5.26 Å². The number of carbonyl (C=O) groups excluding carboxylic acids is 2. The van der Waals surface area contributed by atoms with Crippen molar-refractivity contribution < 1.29 is 14.3 Å². The number of nitriles is 1. The minimum atomic E-state index is -1.13. The van der Waals surface area contributed by atoms with Crippen molar-refractivity contribution in [2.75, 3.05) is 24.3 Å². The Morgan fingerprint density at radius 1 is 1.32 bits per heavy atom. The highest BCUT2D eigenvalue weighted by atomic mass is 32.2. The number of hydrogen-bond acceptors (Lipinski definition) is 5. The van der Waals surface area contributed by atoms with E-state index >= 15 is 0 Å². The van der Waals surface area contributed by atoms with Crippen LogP contribution in [0.1, 0.15) is 30.5 Å². The Kier molecular flexibility index (Phi) is 5.54. The van der Waals surface area contributed by atoms with Gasteiger partial charge in [-0.25, -0.2) is 4.79 Å². The van der Waals surface area contributed by atoms with Crippen LogP contribution >= 0.6 is 11.8 Å². The zero-order valence-electron chi connectivity index (χ0n) is 17.7. The first-order valence-electron chi connectivity index (χ1n) is 10.1. The number of hydrogen-bond donors (Lipinski definition) is 1. The smallest absolute Gasteiger partial charge is 0.319 e. The topological polar surface area (TPSA) is 85.7 Å². The quantitative estimate of drug-likeness (QED) is 0.794. The number of nitrogens with one attached hydrogen (secondary N) is 1. The molecule has 2 aliphatic rings. The molecule has 2 aromatic carbocycles. The number of amides is 3. The van der Waals surface area contributed by atoms with Crippen molar-refractivity contribution in [2.45, 2.75) is 31.3 Å². The lowest BCUT2D eigenvalue weighted by molar-refractivity contribution is -0.123. The van der Waals surface area contributed by atoms with E-state index in [-0.39, 0.29) is 18.0 Å². The first-order valence-corrected chi connectivity index (χ1v) is 11.1. The van der Waals surface area contributed by atoms with E-state index in [1.54, 1.807) is 29.0 Å². The maximum atomic E-state index is 13.9. The van der Waals surface area contributed by atoms with E-state index < -0.39 is 4.87 Å². The Morgan fingerprint density at radius 2 is 2.13 bits per heavy atom. The van der Waals surface area contributed by atoms with Gasteiger partial charge in [0.2, 0.25) is 0 Å². The maximum Gasteiger partial charge on any atom is 0.319 e. The number of nitrogens with zero attached hydrogens (tertiary/aromatic N) is 3. The third kappa shape index (κ3) is 3.49. The summed E-state index contributed by atoms with van der Waals surface area (Å²) < 4.78 is 5.43. The second-order valence-electron chi connectivity index (χ2n) is 7.83. The Labute approximate surface area is 186 Å². The van der Waals surface area contributed by atoms with Gasteiger partial charge in [0.25, 0.3) is 5.91 Å². The predicted octanol–water partition coefficient (Wildman–Crippen LogP) is 3.43. The second kappa shape index (κ2) is 8.16. The van der Waals surface area contributed by atoms with Gasteiger partial charge >= 0.3 is 6.03 Å². The Bertz CT molecular complexity index is 1080. The minimum Gasteiger partial charge on any atom is -0.497 e. The van der Waals surface area contributed by atoms with Crippen LogP contribution in [-0.2, 0) is 16.2 Å². The van der Waals surface area contributed by atoms with Crippen LogP contribution in [0.15, 0.2) is 42.5 Å². The Hall–Kier alpha value is -3.18. The first-order chi connectivity index (χ1) is 14.9. The number of rotatable bonds is 4. The molecule has 0 aromatic heterocycles. The molecule has 1 saturated heterocycles. The Balaban J connectivity index is 1.80. The van der Waals surface area contributed by atoms with Gasteiger partial charge in [0.1, 0.15) is 5.75 Å². The minimum absolute atomic E-state index is 0.0405. The molecule has 0 aliphatic carbocycles. The Morgan fingerprint density at radius 3 is 2.84 bits per heavy atom. The molecule has 0 bridgehead atoms. The third-order valence-corrected chi connectivity index (χ3v) is 6.87. The van der Waals surface area contributed by atoms with E-state index in [1.165, 1.54) is 11.8 Å². The van der Waals surface area contributed by atoms with Gasteiger partial charge in [-0.15, -0.1) is 11.8 Å². The van der Waals surface area contributed by atoms with Crippen molar-refractivity contribution in [2.24, 2.45) is 0 Å². The molecule has 1 fully saturated rings. The largest absolute Gasteiger partial charge is 0.497 e. The standard InChI is InChI=1S/C23H24N4O3S/c1-15(2)25-22(29)27-9-10-31-23(27)19-12-18(30-3)7-8-20(19)26(21(23)28)14-17-6-4-5-16(11-17)13-24/h4-8,11-12,15H,9-10,14H2,1-3H3,(H,25,29). The summed E-state index contributed by atoms with van der Waals surface area (Å²) in [5.41, 5.74) is 2.91. The van der Waals surface area contributed by atoms with Gasteiger partial charge in [-0.05, 0) is 49.7 Å². The monoisotopic (exact) mass is 436 g/mol. The van der Waals surface area contributed by atoms with Crippen molar-refractivity contribution in [3.05, 3.63) is 59.2 Å². The molecule has 31 heavy (non-hydrogen) atoms. The average Bonchev–Trinajstić information content (AvgIpc) is 3.30. The lowest BCUT2D eigenvalue weighted by atomic mass is 10.1. The van der Waals surface area contributed by atoms with E-state index in [0.29, 0.717) is 30.2 Å². The number of ether oxygens (including phenoxy) is 1. The molecule has 8 heteroatoms. The van der Waals surface area contributed by atoms with Gasteiger partial charge in [-0.2, -0.15) is 5.26 Å². The normalized spacial score (nSPS) is 19.6. The molecule has 0 saturated carbocycles. The molecule has 2 heterocycles. The van der Waals surface area contributed by atoms with Crippen molar-refractivity contribution >= 4 is 29.4 Å². The third-order valence-electron chi connectivity index (χ3n) is 5.45. The van der Waals surface area contributed by atoms with E-state index in [1.807, 2.05) is 44.2 Å². The van der Waals surface area contributed by atoms with Crippen molar-refractivity contribution in [3.63, 3.8) is 0 Å². The molecule has 1 unspecified atom stereocenters. The number of thioether (sulfide) groups is 1. The highest BCUT2D eigenvalue weighted by Crippen LogP contribution is 2.55. The summed E-state index contributed by atoms with van der Waals surface area (Å²) in [6.07, 6.45) is 0. The van der Waals surface area contributed by atoms with Crippen LogP contribution in [-0.4, -0.2) is 42.3 Å². The average molecular weight is 437 g/mol. The summed E-state index contributed by atoms with van der Waals surface area (Å²) in [7, 11) is 1.58. The van der Waals surface area contributed by atoms with Gasteiger partial charge in [0.05, 0.1) is 31.0 Å². The molecule has 1 N–H and O–H groups in total. The van der Waals surface area contributed by atoms with Crippen LogP contribution in [0, 0.1) is 11.3 Å². The summed E-state index contributed by atoms with van der Waals surface area (Å²) in [6, 6.07) is 14.6. The van der Waals surface area contributed by atoms with Crippen LogP contribution in [0.25, 0.3) is 0 Å². The van der Waals surface area contributed by atoms with Crippen LogP contribution in [0.4, 0.5) is 10.5 Å². The van der Waals surface area contributed by atoms with Gasteiger partial charge in [0, 0.05) is 23.9 Å².